The van der Waals surface area contributed by atoms with Crippen LogP contribution in [0.4, 0.5) is 5.00 Å². The molecule has 3 aromatic rings. The Kier molecular flexibility index (Phi) is 9.43. The molecule has 1 N–H and O–H groups in total. The molecule has 0 fully saturated rings. The third-order valence-corrected chi connectivity index (χ3v) is 6.93. The highest BCUT2D eigenvalue weighted by molar-refractivity contribution is 7.99. The van der Waals surface area contributed by atoms with E-state index in [1.807, 2.05) is 37.3 Å². The van der Waals surface area contributed by atoms with Gasteiger partial charge in [0.05, 0.1) is 37.3 Å². The minimum Gasteiger partial charge on any atom is -0.497 e. The van der Waals surface area contributed by atoms with Crippen molar-refractivity contribution in [3.05, 3.63) is 52.0 Å². The van der Waals surface area contributed by atoms with Gasteiger partial charge in [0.15, 0.2) is 5.16 Å². The van der Waals surface area contributed by atoms with E-state index in [1.54, 1.807) is 27.9 Å². The van der Waals surface area contributed by atoms with E-state index in [1.165, 1.54) is 11.8 Å². The maximum absolute atomic E-state index is 12.8. The first-order valence-electron chi connectivity index (χ1n) is 11.2. The summed E-state index contributed by atoms with van der Waals surface area (Å²) in [4.78, 5) is 46.9. The van der Waals surface area contributed by atoms with Crippen molar-refractivity contribution in [3.8, 4) is 17.0 Å². The lowest BCUT2D eigenvalue weighted by Crippen LogP contribution is -2.16. The number of carbonyl (C=O) groups excluding carboxylic acids is 3. The summed E-state index contributed by atoms with van der Waals surface area (Å²) in [5, 5.41) is 3.41. The fourth-order valence-corrected chi connectivity index (χ4v) is 5.06. The number of nitrogens with one attached hydrogen (secondary N) is 1. The summed E-state index contributed by atoms with van der Waals surface area (Å²) in [6.45, 7) is 7.21. The minimum absolute atomic E-state index is 0.000537. The van der Waals surface area contributed by atoms with Gasteiger partial charge in [0.25, 0.3) is 0 Å². The van der Waals surface area contributed by atoms with Crippen molar-refractivity contribution in [1.82, 2.24) is 9.97 Å². The van der Waals surface area contributed by atoms with Crippen LogP contribution in [-0.2, 0) is 14.3 Å². The highest BCUT2D eigenvalue weighted by atomic mass is 32.2. The van der Waals surface area contributed by atoms with Crippen molar-refractivity contribution >= 4 is 45.9 Å². The van der Waals surface area contributed by atoms with E-state index in [9.17, 15) is 14.4 Å². The number of thiophene rings is 1. The van der Waals surface area contributed by atoms with Crippen LogP contribution < -0.4 is 10.1 Å². The topological polar surface area (TPSA) is 117 Å². The van der Waals surface area contributed by atoms with Crippen LogP contribution in [0.1, 0.15) is 45.1 Å². The number of carbonyl (C=O) groups is 3. The summed E-state index contributed by atoms with van der Waals surface area (Å²) in [7, 11) is 1.61. The second-order valence-corrected chi connectivity index (χ2v) is 9.41. The molecular formula is C25H27N3O6S2. The number of ether oxygens (including phenoxy) is 3. The standard InChI is InChI=1S/C25H27N3O6S2/c1-6-33-23(30)20-15(4)21(24(31)34-7-2)36-22(20)28-19(29)13-35-25-26-14(3)12-18(27-25)16-8-10-17(32-5)11-9-16/h8-12H,6-7,13H2,1-5H3,(H,28,29). The van der Waals surface area contributed by atoms with Crippen LogP contribution in [0.3, 0.4) is 0 Å². The van der Waals surface area contributed by atoms with E-state index in [4.69, 9.17) is 14.2 Å². The fraction of sp³-hybridized carbons (Fsp3) is 0.320. The van der Waals surface area contributed by atoms with Gasteiger partial charge in [0.2, 0.25) is 5.91 Å². The third-order valence-electron chi connectivity index (χ3n) is 4.89. The Morgan fingerprint density at radius 3 is 2.31 bits per heavy atom. The molecule has 0 aliphatic heterocycles. The Bertz CT molecular complexity index is 1260. The van der Waals surface area contributed by atoms with Gasteiger partial charge < -0.3 is 19.5 Å². The van der Waals surface area contributed by atoms with Crippen LogP contribution in [0.15, 0.2) is 35.5 Å². The molecule has 1 amide bonds. The molecule has 0 radical (unpaired) electrons. The highest BCUT2D eigenvalue weighted by Crippen LogP contribution is 2.34. The van der Waals surface area contributed by atoms with Gasteiger partial charge in [-0.2, -0.15) is 0 Å². The molecule has 1 aromatic carbocycles. The second-order valence-electron chi connectivity index (χ2n) is 7.44. The number of aryl methyl sites for hydroxylation is 1. The van der Waals surface area contributed by atoms with Gasteiger partial charge in [-0.3, -0.25) is 4.79 Å². The van der Waals surface area contributed by atoms with Crippen molar-refractivity contribution in [3.63, 3.8) is 0 Å². The minimum atomic E-state index is -0.615. The predicted molar refractivity (Wildman–Crippen MR) is 139 cm³/mol. The summed E-state index contributed by atoms with van der Waals surface area (Å²) in [6.07, 6.45) is 0. The lowest BCUT2D eigenvalue weighted by atomic mass is 10.1. The van der Waals surface area contributed by atoms with Gasteiger partial charge in [0.1, 0.15) is 15.6 Å². The van der Waals surface area contributed by atoms with Crippen molar-refractivity contribution in [2.75, 3.05) is 31.4 Å². The number of rotatable bonds is 10. The van der Waals surface area contributed by atoms with E-state index < -0.39 is 11.9 Å². The monoisotopic (exact) mass is 529 g/mol. The number of benzene rings is 1. The molecule has 2 aromatic heterocycles. The summed E-state index contributed by atoms with van der Waals surface area (Å²) in [5.74, 6) is -0.804. The molecule has 190 valence electrons. The number of methoxy groups -OCH3 is 1. The fourth-order valence-electron chi connectivity index (χ4n) is 3.25. The van der Waals surface area contributed by atoms with Gasteiger partial charge in [-0.1, -0.05) is 11.8 Å². The number of amides is 1. The molecule has 0 unspecified atom stereocenters. The molecule has 0 aliphatic rings. The lowest BCUT2D eigenvalue weighted by Gasteiger charge is -2.08. The number of thioether (sulfide) groups is 1. The number of nitrogens with zero attached hydrogens (tertiary/aromatic N) is 2. The zero-order valence-corrected chi connectivity index (χ0v) is 22.3. The molecule has 0 saturated heterocycles. The average molecular weight is 530 g/mol. The molecular weight excluding hydrogens is 502 g/mol. The molecule has 0 bridgehead atoms. The third kappa shape index (κ3) is 6.61. The number of hydrogen-bond donors (Lipinski definition) is 1. The Balaban J connectivity index is 1.76. The SMILES string of the molecule is CCOC(=O)c1sc(NC(=O)CSc2nc(C)cc(-c3ccc(OC)cc3)n2)c(C(=O)OCC)c1C. The van der Waals surface area contributed by atoms with Gasteiger partial charge in [0, 0.05) is 11.3 Å². The van der Waals surface area contributed by atoms with Crippen LogP contribution in [0.5, 0.6) is 5.75 Å². The predicted octanol–water partition coefficient (Wildman–Crippen LogP) is 4.91. The van der Waals surface area contributed by atoms with Crippen LogP contribution in [-0.4, -0.2) is 53.9 Å². The molecule has 9 nitrogen and oxygen atoms in total. The smallest absolute Gasteiger partial charge is 0.348 e. The van der Waals surface area contributed by atoms with Gasteiger partial charge in [-0.15, -0.1) is 11.3 Å². The van der Waals surface area contributed by atoms with Crippen molar-refractivity contribution < 1.29 is 28.6 Å². The summed E-state index contributed by atoms with van der Waals surface area (Å²) in [6, 6.07) is 9.37. The van der Waals surface area contributed by atoms with Gasteiger partial charge in [-0.25, -0.2) is 19.6 Å². The van der Waals surface area contributed by atoms with E-state index in [0.29, 0.717) is 10.7 Å². The normalized spacial score (nSPS) is 10.6. The number of anilines is 1. The first kappa shape index (κ1) is 27.2. The summed E-state index contributed by atoms with van der Waals surface area (Å²) < 4.78 is 15.4. The van der Waals surface area contributed by atoms with Crippen LogP contribution >= 0.6 is 23.1 Å². The summed E-state index contributed by atoms with van der Waals surface area (Å²) in [5.41, 5.74) is 2.94. The molecule has 11 heteroatoms. The maximum atomic E-state index is 12.8. The van der Waals surface area contributed by atoms with E-state index in [0.717, 1.165) is 34.0 Å². The van der Waals surface area contributed by atoms with Gasteiger partial charge in [-0.05, 0) is 63.6 Å². The van der Waals surface area contributed by atoms with Crippen LogP contribution in [0, 0.1) is 13.8 Å². The molecule has 0 aliphatic carbocycles. The average Bonchev–Trinajstić information content (AvgIpc) is 3.18. The Hall–Kier alpha value is -3.44. The number of aromatic nitrogens is 2. The zero-order chi connectivity index (χ0) is 26.2. The van der Waals surface area contributed by atoms with E-state index in [-0.39, 0.29) is 40.3 Å². The van der Waals surface area contributed by atoms with Crippen molar-refractivity contribution in [1.29, 1.82) is 0 Å². The molecule has 0 saturated carbocycles. The first-order chi connectivity index (χ1) is 17.3. The van der Waals surface area contributed by atoms with Crippen molar-refractivity contribution in [2.45, 2.75) is 32.9 Å². The highest BCUT2D eigenvalue weighted by Gasteiger charge is 2.27. The Labute approximate surface area is 217 Å². The molecule has 0 atom stereocenters. The second kappa shape index (κ2) is 12.5. The lowest BCUT2D eigenvalue weighted by molar-refractivity contribution is -0.113. The van der Waals surface area contributed by atoms with E-state index >= 15 is 0 Å². The number of hydrogen-bond acceptors (Lipinski definition) is 10. The summed E-state index contributed by atoms with van der Waals surface area (Å²) >= 11 is 2.15. The quantitative estimate of drug-likeness (QED) is 0.222. The van der Waals surface area contributed by atoms with Crippen LogP contribution in [0.25, 0.3) is 11.3 Å². The molecule has 0 spiro atoms. The Morgan fingerprint density at radius 2 is 1.67 bits per heavy atom. The molecule has 2 heterocycles. The van der Waals surface area contributed by atoms with E-state index in [2.05, 4.69) is 15.3 Å². The Morgan fingerprint density at radius 1 is 1.00 bits per heavy atom. The molecule has 3 rings (SSSR count). The first-order valence-corrected chi connectivity index (χ1v) is 13.0. The maximum Gasteiger partial charge on any atom is 0.348 e. The molecule has 36 heavy (non-hydrogen) atoms. The largest absolute Gasteiger partial charge is 0.497 e. The zero-order valence-electron chi connectivity index (χ0n) is 20.7. The van der Waals surface area contributed by atoms with Gasteiger partial charge >= 0.3 is 11.9 Å². The van der Waals surface area contributed by atoms with Crippen LogP contribution in [0.2, 0.25) is 0 Å². The van der Waals surface area contributed by atoms with Crippen molar-refractivity contribution in [2.24, 2.45) is 0 Å². The number of esters is 2.